The van der Waals surface area contributed by atoms with Crippen LogP contribution in [0, 0.1) is 22.9 Å². The molecule has 0 spiro atoms. The normalized spacial score (nSPS) is 18.2. The largest absolute Gasteiger partial charge is 0.372 e. The summed E-state index contributed by atoms with van der Waals surface area (Å²) in [7, 11) is 0. The number of nitrogens with one attached hydrogen (secondary N) is 1. The van der Waals surface area contributed by atoms with E-state index in [1.165, 1.54) is 28.9 Å². The number of morpholine rings is 1. The number of carbonyl (C=O) groups excluding carboxylic acids is 1. The number of benzene rings is 2. The molecule has 1 saturated heterocycles. The van der Waals surface area contributed by atoms with Crippen molar-refractivity contribution in [1.29, 1.82) is 0 Å². The Hall–Kier alpha value is -3.86. The van der Waals surface area contributed by atoms with Crippen LogP contribution in [0.15, 0.2) is 42.5 Å². The lowest BCUT2D eigenvalue weighted by molar-refractivity contribution is -0.384. The number of hydrogen-bond donors (Lipinski definition) is 1. The number of ether oxygens (including phenoxy) is 1. The summed E-state index contributed by atoms with van der Waals surface area (Å²) in [5.74, 6) is -1.02. The fourth-order valence-corrected chi connectivity index (χ4v) is 3.93. The summed E-state index contributed by atoms with van der Waals surface area (Å²) >= 11 is 0. The van der Waals surface area contributed by atoms with Crippen LogP contribution in [-0.2, 0) is 4.74 Å². The smallest absolute Gasteiger partial charge is 0.278 e. The highest BCUT2D eigenvalue weighted by molar-refractivity contribution is 6.03. The molecule has 1 aliphatic rings. The Balaban J connectivity index is 1.52. The molecule has 172 valence electrons. The molecule has 0 saturated carbocycles. The van der Waals surface area contributed by atoms with Gasteiger partial charge in [0.05, 0.1) is 34.2 Å². The summed E-state index contributed by atoms with van der Waals surface area (Å²) in [6, 6.07) is 10.4. The molecule has 2 atom stereocenters. The van der Waals surface area contributed by atoms with E-state index in [-0.39, 0.29) is 29.3 Å². The third-order valence-electron chi connectivity index (χ3n) is 5.36. The van der Waals surface area contributed by atoms with Crippen molar-refractivity contribution in [2.45, 2.75) is 33.0 Å². The highest BCUT2D eigenvalue weighted by atomic mass is 19.1. The van der Waals surface area contributed by atoms with Gasteiger partial charge in [0.25, 0.3) is 11.6 Å². The predicted molar refractivity (Wildman–Crippen MR) is 119 cm³/mol. The first kappa shape index (κ1) is 22.3. The predicted octanol–water partition coefficient (Wildman–Crippen LogP) is 3.49. The topological polar surface area (TPSA) is 115 Å². The summed E-state index contributed by atoms with van der Waals surface area (Å²) in [4.78, 5) is 25.2. The van der Waals surface area contributed by atoms with Crippen LogP contribution in [0.1, 0.15) is 30.0 Å². The van der Waals surface area contributed by atoms with Crippen molar-refractivity contribution in [2.24, 2.45) is 0 Å². The van der Waals surface area contributed by atoms with Crippen LogP contribution in [0.4, 0.5) is 21.5 Å². The Bertz CT molecular complexity index is 1200. The first-order valence-electron chi connectivity index (χ1n) is 10.4. The lowest BCUT2D eigenvalue weighted by Crippen LogP contribution is -2.45. The average molecular weight is 454 g/mol. The maximum Gasteiger partial charge on any atom is 0.278 e. The Morgan fingerprint density at radius 1 is 1.21 bits per heavy atom. The Labute approximate surface area is 189 Å². The number of amides is 1. The standard InChI is InChI=1S/C22H23FN6O4/c1-13-11-27(12-14(2)33-13)20-8-7-16(9-19(20)23)24-22(30)21-15(3)28(26-25-21)17-5-4-6-18(10-17)29(31)32/h4-10,13-14H,11-12H2,1-3H3,(H,24,30). The van der Waals surface area contributed by atoms with Crippen LogP contribution in [0.5, 0.6) is 0 Å². The van der Waals surface area contributed by atoms with Crippen LogP contribution in [0.25, 0.3) is 5.69 Å². The van der Waals surface area contributed by atoms with Gasteiger partial charge in [-0.2, -0.15) is 0 Å². The van der Waals surface area contributed by atoms with E-state index in [9.17, 15) is 19.3 Å². The molecule has 1 amide bonds. The van der Waals surface area contributed by atoms with Crippen molar-refractivity contribution in [2.75, 3.05) is 23.3 Å². The number of anilines is 2. The van der Waals surface area contributed by atoms with Crippen molar-refractivity contribution in [3.05, 3.63) is 69.8 Å². The van der Waals surface area contributed by atoms with Gasteiger partial charge in [0.2, 0.25) is 0 Å². The number of hydrogen-bond acceptors (Lipinski definition) is 7. The number of nitrogens with zero attached hydrogens (tertiary/aromatic N) is 5. The molecule has 11 heteroatoms. The second-order valence-corrected chi connectivity index (χ2v) is 7.99. The maximum atomic E-state index is 14.8. The van der Waals surface area contributed by atoms with Crippen LogP contribution in [0.3, 0.4) is 0 Å². The fraction of sp³-hybridized carbons (Fsp3) is 0.318. The SMILES string of the molecule is Cc1c(C(=O)Nc2ccc(N3CC(C)OC(C)C3)c(F)c2)nnn1-c1cccc([N+](=O)[O-])c1. The minimum absolute atomic E-state index is 0.0100. The zero-order valence-corrected chi connectivity index (χ0v) is 18.4. The Morgan fingerprint density at radius 3 is 2.61 bits per heavy atom. The maximum absolute atomic E-state index is 14.8. The number of carbonyl (C=O) groups is 1. The number of non-ortho nitro benzene ring substituents is 1. The average Bonchev–Trinajstić information content (AvgIpc) is 3.14. The summed E-state index contributed by atoms with van der Waals surface area (Å²) in [6.07, 6.45) is -0.0201. The molecule has 1 N–H and O–H groups in total. The zero-order valence-electron chi connectivity index (χ0n) is 18.4. The number of rotatable bonds is 5. The summed E-state index contributed by atoms with van der Waals surface area (Å²) in [5, 5.41) is 21.5. The van der Waals surface area contributed by atoms with E-state index in [1.54, 1.807) is 25.1 Å². The molecule has 2 heterocycles. The van der Waals surface area contributed by atoms with Crippen molar-refractivity contribution < 1.29 is 18.8 Å². The fourth-order valence-electron chi connectivity index (χ4n) is 3.93. The van der Waals surface area contributed by atoms with Gasteiger partial charge < -0.3 is 15.0 Å². The molecular weight excluding hydrogens is 431 g/mol. The van der Waals surface area contributed by atoms with Crippen molar-refractivity contribution in [3.8, 4) is 5.69 Å². The summed E-state index contributed by atoms with van der Waals surface area (Å²) in [5.41, 5.74) is 1.44. The van der Waals surface area contributed by atoms with E-state index in [0.29, 0.717) is 30.2 Å². The number of aromatic nitrogens is 3. The molecule has 33 heavy (non-hydrogen) atoms. The number of nitro groups is 1. The van der Waals surface area contributed by atoms with Gasteiger partial charge >= 0.3 is 0 Å². The third kappa shape index (κ3) is 4.67. The summed E-state index contributed by atoms with van der Waals surface area (Å²) < 4.78 is 21.9. The third-order valence-corrected chi connectivity index (χ3v) is 5.36. The monoisotopic (exact) mass is 454 g/mol. The Morgan fingerprint density at radius 2 is 1.94 bits per heavy atom. The molecule has 0 radical (unpaired) electrons. The Kier molecular flexibility index (Phi) is 6.05. The molecule has 0 bridgehead atoms. The molecule has 10 nitrogen and oxygen atoms in total. The first-order valence-corrected chi connectivity index (χ1v) is 10.4. The van der Waals surface area contributed by atoms with E-state index in [2.05, 4.69) is 15.6 Å². The molecular formula is C22H23FN6O4. The molecule has 1 aliphatic heterocycles. The van der Waals surface area contributed by atoms with Gasteiger partial charge in [-0.05, 0) is 45.0 Å². The van der Waals surface area contributed by atoms with E-state index in [0.717, 1.165) is 0 Å². The van der Waals surface area contributed by atoms with Gasteiger partial charge in [-0.3, -0.25) is 14.9 Å². The summed E-state index contributed by atoms with van der Waals surface area (Å²) in [6.45, 7) is 6.66. The van der Waals surface area contributed by atoms with Crippen LogP contribution < -0.4 is 10.2 Å². The quantitative estimate of drug-likeness (QED) is 0.463. The van der Waals surface area contributed by atoms with Crippen LogP contribution in [0.2, 0.25) is 0 Å². The van der Waals surface area contributed by atoms with Gasteiger partial charge in [-0.1, -0.05) is 11.3 Å². The minimum atomic E-state index is -0.565. The second kappa shape index (κ2) is 8.94. The first-order chi connectivity index (χ1) is 15.7. The molecule has 0 aliphatic carbocycles. The molecule has 1 fully saturated rings. The highest BCUT2D eigenvalue weighted by Crippen LogP contribution is 2.26. The number of nitro benzene ring substituents is 1. The number of halogens is 1. The highest BCUT2D eigenvalue weighted by Gasteiger charge is 2.25. The lowest BCUT2D eigenvalue weighted by Gasteiger charge is -2.37. The zero-order chi connectivity index (χ0) is 23.7. The van der Waals surface area contributed by atoms with E-state index in [1.807, 2.05) is 18.7 Å². The minimum Gasteiger partial charge on any atom is -0.372 e. The second-order valence-electron chi connectivity index (χ2n) is 7.99. The molecule has 1 aromatic heterocycles. The van der Waals surface area contributed by atoms with Gasteiger partial charge in [-0.15, -0.1) is 5.10 Å². The molecule has 4 rings (SSSR count). The van der Waals surface area contributed by atoms with E-state index in [4.69, 9.17) is 4.74 Å². The van der Waals surface area contributed by atoms with Crippen molar-refractivity contribution in [3.63, 3.8) is 0 Å². The van der Waals surface area contributed by atoms with Crippen molar-refractivity contribution in [1.82, 2.24) is 15.0 Å². The van der Waals surface area contributed by atoms with E-state index >= 15 is 0 Å². The van der Waals surface area contributed by atoms with Gasteiger partial charge in [0.1, 0.15) is 5.82 Å². The van der Waals surface area contributed by atoms with Gasteiger partial charge in [-0.25, -0.2) is 9.07 Å². The molecule has 2 unspecified atom stereocenters. The molecule has 3 aromatic rings. The van der Waals surface area contributed by atoms with Crippen molar-refractivity contribution >= 4 is 23.0 Å². The van der Waals surface area contributed by atoms with Gasteiger partial charge in [0.15, 0.2) is 5.69 Å². The van der Waals surface area contributed by atoms with Crippen LogP contribution >= 0.6 is 0 Å². The molecule has 2 aromatic carbocycles. The van der Waals surface area contributed by atoms with E-state index < -0.39 is 16.6 Å². The van der Waals surface area contributed by atoms with Gasteiger partial charge in [0, 0.05) is 30.9 Å². The van der Waals surface area contributed by atoms with Crippen LogP contribution in [-0.4, -0.2) is 51.1 Å². The lowest BCUT2D eigenvalue weighted by atomic mass is 10.1.